The molecule has 1 saturated heterocycles. The van der Waals surface area contributed by atoms with Gasteiger partial charge >= 0.3 is 5.97 Å². The molecule has 0 unspecified atom stereocenters. The maximum Gasteiger partial charge on any atom is 0.338 e. The second-order valence-corrected chi connectivity index (χ2v) is 7.37. The number of imide groups is 1. The van der Waals surface area contributed by atoms with Crippen LogP contribution in [0.25, 0.3) is 0 Å². The van der Waals surface area contributed by atoms with Crippen LogP contribution in [-0.4, -0.2) is 24.4 Å². The molecule has 2 amide bonds. The van der Waals surface area contributed by atoms with Crippen molar-refractivity contribution >= 4 is 23.5 Å². The van der Waals surface area contributed by atoms with Crippen LogP contribution in [0.1, 0.15) is 40.9 Å². The van der Waals surface area contributed by atoms with Gasteiger partial charge in [-0.2, -0.15) is 0 Å². The number of carbonyl (C=O) groups is 3. The molecular formula is C23H25NO4. The molecule has 2 atom stereocenters. The lowest BCUT2D eigenvalue weighted by Crippen LogP contribution is -2.31. The predicted molar refractivity (Wildman–Crippen MR) is 107 cm³/mol. The summed E-state index contributed by atoms with van der Waals surface area (Å²) in [5.74, 6) is -1.60. The van der Waals surface area contributed by atoms with Crippen molar-refractivity contribution in [3.8, 4) is 0 Å². The van der Waals surface area contributed by atoms with Gasteiger partial charge in [0.2, 0.25) is 11.8 Å². The fourth-order valence-corrected chi connectivity index (χ4v) is 3.78. The molecule has 5 nitrogen and oxygen atoms in total. The fourth-order valence-electron chi connectivity index (χ4n) is 3.78. The Bertz CT molecular complexity index is 896. The zero-order chi connectivity index (χ0) is 20.4. The third-order valence-electron chi connectivity index (χ3n) is 5.12. The molecular weight excluding hydrogens is 354 g/mol. The minimum atomic E-state index is -0.422. The molecule has 0 N–H and O–H groups in total. The van der Waals surface area contributed by atoms with Crippen LogP contribution in [0.3, 0.4) is 0 Å². The first-order valence-electron chi connectivity index (χ1n) is 9.54. The number of nitrogens with zero attached hydrogens (tertiary/aromatic N) is 1. The number of hydrogen-bond donors (Lipinski definition) is 0. The molecule has 28 heavy (non-hydrogen) atoms. The highest BCUT2D eigenvalue weighted by molar-refractivity contribution is 6.22. The maximum atomic E-state index is 13.0. The summed E-state index contributed by atoms with van der Waals surface area (Å²) in [7, 11) is 0. The Kier molecular flexibility index (Phi) is 5.63. The van der Waals surface area contributed by atoms with Crippen molar-refractivity contribution in [3.63, 3.8) is 0 Å². The van der Waals surface area contributed by atoms with Crippen molar-refractivity contribution in [1.29, 1.82) is 0 Å². The van der Waals surface area contributed by atoms with Crippen molar-refractivity contribution in [2.45, 2.75) is 34.1 Å². The molecule has 0 bridgehead atoms. The second-order valence-electron chi connectivity index (χ2n) is 7.37. The molecule has 0 saturated carbocycles. The lowest BCUT2D eigenvalue weighted by Gasteiger charge is -2.16. The highest BCUT2D eigenvalue weighted by Crippen LogP contribution is 2.33. The van der Waals surface area contributed by atoms with E-state index in [4.69, 9.17) is 4.74 Å². The lowest BCUT2D eigenvalue weighted by atomic mass is 9.89. The average Bonchev–Trinajstić information content (AvgIpc) is 2.85. The number of hydrogen-bond acceptors (Lipinski definition) is 4. The first kappa shape index (κ1) is 19.8. The molecule has 0 spiro atoms. The van der Waals surface area contributed by atoms with Gasteiger partial charge < -0.3 is 4.74 Å². The van der Waals surface area contributed by atoms with Crippen LogP contribution >= 0.6 is 0 Å². The van der Waals surface area contributed by atoms with Gasteiger partial charge in [-0.25, -0.2) is 4.79 Å². The summed E-state index contributed by atoms with van der Waals surface area (Å²) in [5, 5.41) is 0. The van der Waals surface area contributed by atoms with Crippen LogP contribution < -0.4 is 4.90 Å². The molecule has 0 radical (unpaired) electrons. The molecule has 5 heteroatoms. The van der Waals surface area contributed by atoms with Crippen molar-refractivity contribution < 1.29 is 19.1 Å². The molecule has 0 aromatic heterocycles. The average molecular weight is 379 g/mol. The third kappa shape index (κ3) is 3.84. The van der Waals surface area contributed by atoms with Crippen LogP contribution in [0.5, 0.6) is 0 Å². The van der Waals surface area contributed by atoms with Crippen LogP contribution in [0.4, 0.5) is 5.69 Å². The number of anilines is 1. The smallest absolute Gasteiger partial charge is 0.338 e. The second kappa shape index (κ2) is 7.97. The zero-order valence-corrected chi connectivity index (χ0v) is 16.7. The summed E-state index contributed by atoms with van der Waals surface area (Å²) in [4.78, 5) is 38.9. The van der Waals surface area contributed by atoms with Gasteiger partial charge in [-0.1, -0.05) is 36.2 Å². The van der Waals surface area contributed by atoms with Crippen molar-refractivity contribution in [2.75, 3.05) is 11.5 Å². The summed E-state index contributed by atoms with van der Waals surface area (Å²) < 4.78 is 4.97. The normalized spacial score (nSPS) is 19.2. The zero-order valence-electron chi connectivity index (χ0n) is 16.7. The van der Waals surface area contributed by atoms with Crippen molar-refractivity contribution in [2.24, 2.45) is 11.8 Å². The van der Waals surface area contributed by atoms with E-state index in [9.17, 15) is 14.4 Å². The fraction of sp³-hybridized carbons (Fsp3) is 0.348. The molecule has 3 rings (SSSR count). The number of ether oxygens (including phenoxy) is 1. The number of aryl methyl sites for hydroxylation is 2. The highest BCUT2D eigenvalue weighted by atomic mass is 16.5. The Morgan fingerprint density at radius 1 is 1.00 bits per heavy atom. The van der Waals surface area contributed by atoms with E-state index in [0.717, 1.165) is 16.7 Å². The molecule has 0 aliphatic carbocycles. The number of esters is 1. The lowest BCUT2D eigenvalue weighted by molar-refractivity contribution is -0.122. The van der Waals surface area contributed by atoms with Crippen molar-refractivity contribution in [3.05, 3.63) is 64.7 Å². The first-order valence-corrected chi connectivity index (χ1v) is 9.54. The van der Waals surface area contributed by atoms with Crippen LogP contribution in [0.2, 0.25) is 0 Å². The van der Waals surface area contributed by atoms with Crippen LogP contribution in [0, 0.1) is 25.7 Å². The Morgan fingerprint density at radius 3 is 2.18 bits per heavy atom. The quantitative estimate of drug-likeness (QED) is 0.585. The largest absolute Gasteiger partial charge is 0.462 e. The highest BCUT2D eigenvalue weighted by Gasteiger charge is 2.45. The molecule has 2 aromatic carbocycles. The summed E-state index contributed by atoms with van der Waals surface area (Å²) in [6.07, 6.45) is 0.533. The van der Waals surface area contributed by atoms with E-state index in [1.165, 1.54) is 4.90 Å². The number of rotatable bonds is 5. The molecule has 1 heterocycles. The molecule has 1 aliphatic heterocycles. The Labute approximate surface area is 165 Å². The minimum absolute atomic E-state index is 0.194. The standard InChI is InChI=1S/C23H25NO4/c1-5-28-23(27)18-6-8-19(9-7-18)24-21(25)16(4)20(22(24)26)13-17-11-14(2)10-15(3)12-17/h6-12,16,20H,5,13H2,1-4H3/t16-,20+/m1/s1. The molecule has 1 aliphatic rings. The van der Waals surface area contributed by atoms with Crippen LogP contribution in [0.15, 0.2) is 42.5 Å². The minimum Gasteiger partial charge on any atom is -0.462 e. The summed E-state index contributed by atoms with van der Waals surface area (Å²) in [6.45, 7) is 7.89. The molecule has 1 fully saturated rings. The summed E-state index contributed by atoms with van der Waals surface area (Å²) in [6, 6.07) is 12.6. The SMILES string of the molecule is CCOC(=O)c1ccc(N2C(=O)[C@@H](Cc3cc(C)cc(C)c3)[C@@H](C)C2=O)cc1. The van der Waals surface area contributed by atoms with Gasteiger partial charge in [-0.05, 0) is 57.0 Å². The van der Waals surface area contributed by atoms with E-state index in [1.807, 2.05) is 13.8 Å². The molecule has 2 aromatic rings. The monoisotopic (exact) mass is 379 g/mol. The van der Waals surface area contributed by atoms with Gasteiger partial charge in [0.1, 0.15) is 0 Å². The van der Waals surface area contributed by atoms with E-state index < -0.39 is 17.8 Å². The Morgan fingerprint density at radius 2 is 1.61 bits per heavy atom. The number of carbonyl (C=O) groups excluding carboxylic acids is 3. The van der Waals surface area contributed by atoms with Gasteiger partial charge in [0.25, 0.3) is 0 Å². The van der Waals surface area contributed by atoms with Gasteiger partial charge in [-0.3, -0.25) is 14.5 Å². The van der Waals surface area contributed by atoms with E-state index in [-0.39, 0.29) is 11.8 Å². The molecule has 146 valence electrons. The van der Waals surface area contributed by atoms with Crippen molar-refractivity contribution in [1.82, 2.24) is 0 Å². The number of amides is 2. The van der Waals surface area contributed by atoms with E-state index in [1.54, 1.807) is 38.1 Å². The van der Waals surface area contributed by atoms with Gasteiger partial charge in [0.05, 0.1) is 23.8 Å². The topological polar surface area (TPSA) is 63.7 Å². The van der Waals surface area contributed by atoms with Gasteiger partial charge in [0, 0.05) is 5.92 Å². The van der Waals surface area contributed by atoms with Crippen LogP contribution in [-0.2, 0) is 20.7 Å². The predicted octanol–water partition coefficient (Wildman–Crippen LogP) is 3.85. The summed E-state index contributed by atoms with van der Waals surface area (Å²) in [5.41, 5.74) is 4.23. The van der Waals surface area contributed by atoms with E-state index in [2.05, 4.69) is 18.2 Å². The maximum absolute atomic E-state index is 13.0. The summed E-state index contributed by atoms with van der Waals surface area (Å²) >= 11 is 0. The number of benzene rings is 2. The Balaban J connectivity index is 1.82. The third-order valence-corrected chi connectivity index (χ3v) is 5.12. The van der Waals surface area contributed by atoms with Gasteiger partial charge in [0.15, 0.2) is 0 Å². The van der Waals surface area contributed by atoms with E-state index >= 15 is 0 Å². The van der Waals surface area contributed by atoms with Gasteiger partial charge in [-0.15, -0.1) is 0 Å². The first-order chi connectivity index (χ1) is 13.3. The van der Waals surface area contributed by atoms with E-state index in [0.29, 0.717) is 24.3 Å². The Hall–Kier alpha value is -2.95.